The molecule has 0 atom stereocenters. The van der Waals surface area contributed by atoms with Crippen LogP contribution in [-0.2, 0) is 13.7 Å². The average molecular weight is 297 g/mol. The predicted molar refractivity (Wildman–Crippen MR) is 82.3 cm³/mol. The van der Waals surface area contributed by atoms with Crippen LogP contribution in [-0.4, -0.2) is 15.8 Å². The van der Waals surface area contributed by atoms with Crippen molar-refractivity contribution in [2.24, 2.45) is 7.05 Å². The van der Waals surface area contributed by atoms with E-state index in [1.807, 2.05) is 48.5 Å². The number of aromatic nitrogens is 1. The fourth-order valence-corrected chi connectivity index (χ4v) is 2.32. The van der Waals surface area contributed by atoms with Crippen molar-refractivity contribution in [2.45, 2.75) is 6.61 Å². The van der Waals surface area contributed by atoms with E-state index in [-0.39, 0.29) is 5.88 Å². The van der Waals surface area contributed by atoms with Crippen LogP contribution in [0.3, 0.4) is 0 Å². The molecular formula is C17H15NO4. The van der Waals surface area contributed by atoms with Crippen LogP contribution < -0.4 is 9.47 Å². The third-order valence-corrected chi connectivity index (χ3v) is 3.41. The van der Waals surface area contributed by atoms with E-state index in [0.717, 1.165) is 22.2 Å². The topological polar surface area (TPSA) is 60.7 Å². The van der Waals surface area contributed by atoms with E-state index < -0.39 is 6.16 Å². The minimum atomic E-state index is -1.33. The number of hydrogen-bond donors (Lipinski definition) is 1. The van der Waals surface area contributed by atoms with Crippen molar-refractivity contribution in [2.75, 3.05) is 0 Å². The van der Waals surface area contributed by atoms with Crippen molar-refractivity contribution in [1.29, 1.82) is 0 Å². The second-order valence-corrected chi connectivity index (χ2v) is 4.90. The van der Waals surface area contributed by atoms with Gasteiger partial charge in [0.05, 0.1) is 5.52 Å². The lowest BCUT2D eigenvalue weighted by Crippen LogP contribution is -2.06. The van der Waals surface area contributed by atoms with E-state index in [2.05, 4.69) is 0 Å². The van der Waals surface area contributed by atoms with Gasteiger partial charge in [-0.1, -0.05) is 30.3 Å². The van der Waals surface area contributed by atoms with Crippen molar-refractivity contribution in [3.8, 4) is 11.6 Å². The number of carboxylic acid groups (broad SMARTS) is 1. The predicted octanol–water partition coefficient (Wildman–Crippen LogP) is 3.81. The summed E-state index contributed by atoms with van der Waals surface area (Å²) in [5.74, 6) is 1.01. The highest BCUT2D eigenvalue weighted by atomic mass is 16.7. The molecule has 0 saturated heterocycles. The van der Waals surface area contributed by atoms with Gasteiger partial charge in [0.15, 0.2) is 0 Å². The zero-order valence-corrected chi connectivity index (χ0v) is 12.0. The first-order valence-electron chi connectivity index (χ1n) is 6.80. The lowest BCUT2D eigenvalue weighted by molar-refractivity contribution is 0.141. The fraction of sp³-hybridized carbons (Fsp3) is 0.118. The van der Waals surface area contributed by atoms with E-state index in [4.69, 9.17) is 14.6 Å². The second kappa shape index (κ2) is 5.81. The number of hydrogen-bond acceptors (Lipinski definition) is 3. The lowest BCUT2D eigenvalue weighted by Gasteiger charge is -2.06. The molecule has 0 aliphatic rings. The maximum absolute atomic E-state index is 10.7. The SMILES string of the molecule is Cn1c(OC(=O)O)cc2cc(OCc3ccccc3)ccc21. The molecule has 1 aromatic heterocycles. The molecule has 3 aromatic rings. The molecule has 0 aliphatic heterocycles. The molecule has 0 unspecified atom stereocenters. The van der Waals surface area contributed by atoms with Crippen molar-refractivity contribution in [3.63, 3.8) is 0 Å². The van der Waals surface area contributed by atoms with Gasteiger partial charge >= 0.3 is 6.16 Å². The molecule has 2 aromatic carbocycles. The largest absolute Gasteiger partial charge is 0.512 e. The van der Waals surface area contributed by atoms with Crippen LogP contribution in [0.2, 0.25) is 0 Å². The Morgan fingerprint density at radius 2 is 1.91 bits per heavy atom. The van der Waals surface area contributed by atoms with E-state index in [1.54, 1.807) is 17.7 Å². The first-order valence-corrected chi connectivity index (χ1v) is 6.80. The van der Waals surface area contributed by atoms with Gasteiger partial charge in [0.25, 0.3) is 0 Å². The summed E-state index contributed by atoms with van der Waals surface area (Å²) in [6.45, 7) is 0.484. The summed E-state index contributed by atoms with van der Waals surface area (Å²) < 4.78 is 12.2. The number of aryl methyl sites for hydroxylation is 1. The van der Waals surface area contributed by atoms with Crippen LogP contribution in [0.15, 0.2) is 54.6 Å². The molecule has 0 fully saturated rings. The molecule has 0 bridgehead atoms. The highest BCUT2D eigenvalue weighted by Gasteiger charge is 2.10. The van der Waals surface area contributed by atoms with Gasteiger partial charge in [0.2, 0.25) is 5.88 Å². The van der Waals surface area contributed by atoms with Crippen LogP contribution in [0.4, 0.5) is 4.79 Å². The van der Waals surface area contributed by atoms with E-state index in [0.29, 0.717) is 6.61 Å². The fourth-order valence-electron chi connectivity index (χ4n) is 2.32. The van der Waals surface area contributed by atoms with E-state index >= 15 is 0 Å². The summed E-state index contributed by atoms with van der Waals surface area (Å²) in [5, 5.41) is 9.59. The smallest absolute Gasteiger partial charge is 0.489 e. The molecule has 0 radical (unpaired) electrons. The van der Waals surface area contributed by atoms with Gasteiger partial charge in [-0.25, -0.2) is 4.79 Å². The third-order valence-electron chi connectivity index (χ3n) is 3.41. The van der Waals surface area contributed by atoms with Crippen LogP contribution in [0.1, 0.15) is 5.56 Å². The first kappa shape index (κ1) is 14.0. The Morgan fingerprint density at radius 1 is 1.14 bits per heavy atom. The Balaban J connectivity index is 1.82. The van der Waals surface area contributed by atoms with Crippen LogP contribution in [0.5, 0.6) is 11.6 Å². The van der Waals surface area contributed by atoms with E-state index in [9.17, 15) is 4.79 Å². The quantitative estimate of drug-likeness (QED) is 0.744. The molecule has 1 heterocycles. The van der Waals surface area contributed by atoms with Crippen molar-refractivity contribution < 1.29 is 19.4 Å². The summed E-state index contributed by atoms with van der Waals surface area (Å²) in [7, 11) is 1.76. The van der Waals surface area contributed by atoms with E-state index in [1.165, 1.54) is 0 Å². The molecular weight excluding hydrogens is 282 g/mol. The molecule has 0 amide bonds. The van der Waals surface area contributed by atoms with Gasteiger partial charge in [-0.15, -0.1) is 0 Å². The van der Waals surface area contributed by atoms with Gasteiger partial charge in [0, 0.05) is 18.5 Å². The Bertz CT molecular complexity index is 808. The molecule has 5 heteroatoms. The average Bonchev–Trinajstić information content (AvgIpc) is 2.81. The standard InChI is InChI=1S/C17H15NO4/c1-18-15-8-7-14(21-11-12-5-3-2-4-6-12)9-13(15)10-16(18)22-17(19)20/h2-10H,11H2,1H3,(H,19,20). The van der Waals surface area contributed by atoms with Crippen LogP contribution >= 0.6 is 0 Å². The number of ether oxygens (including phenoxy) is 2. The summed E-state index contributed by atoms with van der Waals surface area (Å²) in [4.78, 5) is 10.7. The Hall–Kier alpha value is -2.95. The molecule has 22 heavy (non-hydrogen) atoms. The molecule has 0 aliphatic carbocycles. The molecule has 112 valence electrons. The lowest BCUT2D eigenvalue weighted by atomic mass is 10.2. The van der Waals surface area contributed by atoms with Crippen LogP contribution in [0.25, 0.3) is 10.9 Å². The van der Waals surface area contributed by atoms with Gasteiger partial charge in [-0.2, -0.15) is 0 Å². The highest BCUT2D eigenvalue weighted by Crippen LogP contribution is 2.28. The molecule has 5 nitrogen and oxygen atoms in total. The summed E-state index contributed by atoms with van der Waals surface area (Å²) in [6.07, 6.45) is -1.33. The summed E-state index contributed by atoms with van der Waals surface area (Å²) >= 11 is 0. The Morgan fingerprint density at radius 3 is 2.64 bits per heavy atom. The van der Waals surface area contributed by atoms with Gasteiger partial charge < -0.3 is 19.1 Å². The number of nitrogens with zero attached hydrogens (tertiary/aromatic N) is 1. The van der Waals surface area contributed by atoms with Gasteiger partial charge in [-0.3, -0.25) is 0 Å². The molecule has 1 N–H and O–H groups in total. The monoisotopic (exact) mass is 297 g/mol. The minimum Gasteiger partial charge on any atom is -0.489 e. The Labute approximate surface area is 127 Å². The third kappa shape index (κ3) is 2.88. The van der Waals surface area contributed by atoms with Crippen molar-refractivity contribution in [1.82, 2.24) is 4.57 Å². The van der Waals surface area contributed by atoms with Gasteiger partial charge in [0.1, 0.15) is 12.4 Å². The second-order valence-electron chi connectivity index (χ2n) is 4.90. The zero-order chi connectivity index (χ0) is 15.5. The molecule has 0 saturated carbocycles. The minimum absolute atomic E-state index is 0.280. The summed E-state index contributed by atoms with van der Waals surface area (Å²) in [6, 6.07) is 17.2. The Kier molecular flexibility index (Phi) is 3.70. The number of benzene rings is 2. The number of fused-ring (bicyclic) bond motifs is 1. The van der Waals surface area contributed by atoms with Crippen molar-refractivity contribution in [3.05, 3.63) is 60.2 Å². The van der Waals surface area contributed by atoms with Crippen molar-refractivity contribution >= 4 is 17.1 Å². The maximum atomic E-state index is 10.7. The molecule has 3 rings (SSSR count). The molecule has 0 spiro atoms. The maximum Gasteiger partial charge on any atom is 0.512 e. The van der Waals surface area contributed by atoms with Gasteiger partial charge in [-0.05, 0) is 23.8 Å². The van der Waals surface area contributed by atoms with Crippen LogP contribution in [0, 0.1) is 0 Å². The first-order chi connectivity index (χ1) is 10.6. The summed E-state index contributed by atoms with van der Waals surface area (Å²) in [5.41, 5.74) is 1.97. The number of carbonyl (C=O) groups is 1. The zero-order valence-electron chi connectivity index (χ0n) is 12.0. The highest BCUT2D eigenvalue weighted by molar-refractivity contribution is 5.84. The number of rotatable bonds is 4. The normalized spacial score (nSPS) is 10.6.